The lowest BCUT2D eigenvalue weighted by molar-refractivity contribution is 0.232. The van der Waals surface area contributed by atoms with Crippen LogP contribution in [0.25, 0.3) is 11.3 Å². The van der Waals surface area contributed by atoms with Gasteiger partial charge in [0.15, 0.2) is 11.6 Å². The molecular formula is C16H20FN5O. The zero-order valence-corrected chi connectivity index (χ0v) is 13.5. The van der Waals surface area contributed by atoms with Crippen LogP contribution >= 0.6 is 0 Å². The van der Waals surface area contributed by atoms with Gasteiger partial charge in [-0.3, -0.25) is 0 Å². The molecule has 122 valence electrons. The van der Waals surface area contributed by atoms with Crippen molar-refractivity contribution in [2.75, 3.05) is 38.7 Å². The van der Waals surface area contributed by atoms with Crippen LogP contribution in [-0.2, 0) is 0 Å². The molecule has 1 saturated heterocycles. The van der Waals surface area contributed by atoms with Crippen molar-refractivity contribution >= 4 is 5.95 Å². The standard InChI is InChI=1S/C16H20FN5O/c1-11-10-22(7-6-21(11)2)16-19-14(9-18-20-16)12-4-5-15(23-3)13(17)8-12/h4-5,8-9,11H,6-7,10H2,1-3H3. The molecule has 0 radical (unpaired) electrons. The maximum atomic E-state index is 13.9. The Morgan fingerprint density at radius 2 is 2.13 bits per heavy atom. The fraction of sp³-hybridized carbons (Fsp3) is 0.438. The number of piperazine rings is 1. The molecule has 0 bridgehead atoms. The van der Waals surface area contributed by atoms with Crippen molar-refractivity contribution in [3.8, 4) is 17.0 Å². The molecule has 1 atom stereocenters. The van der Waals surface area contributed by atoms with Gasteiger partial charge in [-0.2, -0.15) is 5.10 Å². The molecule has 0 saturated carbocycles. The number of anilines is 1. The molecule has 1 aromatic heterocycles. The van der Waals surface area contributed by atoms with E-state index in [1.807, 2.05) is 0 Å². The number of rotatable bonds is 3. The molecule has 1 aromatic carbocycles. The minimum absolute atomic E-state index is 0.212. The molecule has 0 spiro atoms. The van der Waals surface area contributed by atoms with Crippen molar-refractivity contribution in [3.63, 3.8) is 0 Å². The summed E-state index contributed by atoms with van der Waals surface area (Å²) in [4.78, 5) is 8.96. The SMILES string of the molecule is COc1ccc(-c2cnnc(N3CCN(C)C(C)C3)n2)cc1F. The lowest BCUT2D eigenvalue weighted by Gasteiger charge is -2.37. The normalized spacial score (nSPS) is 19.0. The van der Waals surface area contributed by atoms with E-state index in [1.165, 1.54) is 13.2 Å². The first-order valence-corrected chi connectivity index (χ1v) is 7.57. The van der Waals surface area contributed by atoms with Gasteiger partial charge in [-0.05, 0) is 32.2 Å². The molecule has 1 aliphatic heterocycles. The zero-order chi connectivity index (χ0) is 16.4. The molecule has 0 aliphatic carbocycles. The van der Waals surface area contributed by atoms with Gasteiger partial charge in [0, 0.05) is 31.2 Å². The van der Waals surface area contributed by atoms with Gasteiger partial charge in [-0.1, -0.05) is 0 Å². The van der Waals surface area contributed by atoms with Gasteiger partial charge in [0.25, 0.3) is 0 Å². The number of methoxy groups -OCH3 is 1. The minimum atomic E-state index is -0.418. The molecule has 0 amide bonds. The predicted octanol–water partition coefficient (Wildman–Crippen LogP) is 1.83. The second-order valence-corrected chi connectivity index (χ2v) is 5.77. The molecule has 3 rings (SSSR count). The summed E-state index contributed by atoms with van der Waals surface area (Å²) >= 11 is 0. The van der Waals surface area contributed by atoms with Crippen LogP contribution in [0.2, 0.25) is 0 Å². The van der Waals surface area contributed by atoms with Crippen molar-refractivity contribution in [3.05, 3.63) is 30.2 Å². The van der Waals surface area contributed by atoms with E-state index in [4.69, 9.17) is 4.74 Å². The van der Waals surface area contributed by atoms with Crippen molar-refractivity contribution < 1.29 is 9.13 Å². The zero-order valence-electron chi connectivity index (χ0n) is 13.5. The quantitative estimate of drug-likeness (QED) is 0.861. The lowest BCUT2D eigenvalue weighted by Crippen LogP contribution is -2.50. The van der Waals surface area contributed by atoms with Crippen molar-refractivity contribution in [1.82, 2.24) is 20.1 Å². The summed E-state index contributed by atoms with van der Waals surface area (Å²) in [6.45, 7) is 4.82. The van der Waals surface area contributed by atoms with E-state index < -0.39 is 5.82 Å². The Morgan fingerprint density at radius 1 is 1.30 bits per heavy atom. The lowest BCUT2D eigenvalue weighted by atomic mass is 10.1. The van der Waals surface area contributed by atoms with Gasteiger partial charge in [0.05, 0.1) is 19.0 Å². The molecule has 2 aromatic rings. The molecule has 2 heterocycles. The van der Waals surface area contributed by atoms with Gasteiger partial charge in [0.2, 0.25) is 5.95 Å². The summed E-state index contributed by atoms with van der Waals surface area (Å²) in [6.07, 6.45) is 1.55. The summed E-state index contributed by atoms with van der Waals surface area (Å²) in [6, 6.07) is 5.18. The first-order valence-electron chi connectivity index (χ1n) is 7.57. The van der Waals surface area contributed by atoms with Gasteiger partial charge in [-0.15, -0.1) is 5.10 Å². The van der Waals surface area contributed by atoms with E-state index >= 15 is 0 Å². The average Bonchev–Trinajstić information content (AvgIpc) is 2.57. The number of hydrogen-bond acceptors (Lipinski definition) is 6. The maximum Gasteiger partial charge on any atom is 0.246 e. The largest absolute Gasteiger partial charge is 0.494 e. The van der Waals surface area contributed by atoms with Crippen LogP contribution in [0, 0.1) is 5.82 Å². The second kappa shape index (κ2) is 6.45. The van der Waals surface area contributed by atoms with Crippen molar-refractivity contribution in [2.24, 2.45) is 0 Å². The number of likely N-dealkylation sites (N-methyl/N-ethyl adjacent to an activating group) is 1. The van der Waals surface area contributed by atoms with Crippen LogP contribution in [0.4, 0.5) is 10.3 Å². The molecule has 23 heavy (non-hydrogen) atoms. The Hall–Kier alpha value is -2.28. The summed E-state index contributed by atoms with van der Waals surface area (Å²) in [5, 5.41) is 8.16. The number of nitrogens with zero attached hydrogens (tertiary/aromatic N) is 5. The van der Waals surface area contributed by atoms with E-state index in [-0.39, 0.29) is 5.75 Å². The molecule has 7 heteroatoms. The number of hydrogen-bond donors (Lipinski definition) is 0. The van der Waals surface area contributed by atoms with Gasteiger partial charge < -0.3 is 14.5 Å². The topological polar surface area (TPSA) is 54.4 Å². The molecular weight excluding hydrogens is 297 g/mol. The smallest absolute Gasteiger partial charge is 0.246 e. The van der Waals surface area contributed by atoms with E-state index in [0.717, 1.165) is 19.6 Å². The highest BCUT2D eigenvalue weighted by molar-refractivity contribution is 5.60. The molecule has 1 unspecified atom stereocenters. The molecule has 1 aliphatic rings. The third-order valence-electron chi connectivity index (χ3n) is 4.24. The van der Waals surface area contributed by atoms with Gasteiger partial charge >= 0.3 is 0 Å². The van der Waals surface area contributed by atoms with Crippen LogP contribution in [-0.4, -0.2) is 59.9 Å². The maximum absolute atomic E-state index is 13.9. The highest BCUT2D eigenvalue weighted by atomic mass is 19.1. The summed E-state index contributed by atoms with van der Waals surface area (Å²) in [5.41, 5.74) is 1.25. The number of benzene rings is 1. The van der Waals surface area contributed by atoms with E-state index in [2.05, 4.69) is 39.0 Å². The third-order valence-corrected chi connectivity index (χ3v) is 4.24. The van der Waals surface area contributed by atoms with Crippen LogP contribution in [0.15, 0.2) is 24.4 Å². The Bertz CT molecular complexity index is 696. The van der Waals surface area contributed by atoms with Crippen LogP contribution in [0.1, 0.15) is 6.92 Å². The summed E-state index contributed by atoms with van der Waals surface area (Å²) in [7, 11) is 3.55. The number of ether oxygens (including phenoxy) is 1. The average molecular weight is 317 g/mol. The predicted molar refractivity (Wildman–Crippen MR) is 86.1 cm³/mol. The van der Waals surface area contributed by atoms with Crippen molar-refractivity contribution in [2.45, 2.75) is 13.0 Å². The first kappa shape index (κ1) is 15.6. The highest BCUT2D eigenvalue weighted by Gasteiger charge is 2.23. The minimum Gasteiger partial charge on any atom is -0.494 e. The number of halogens is 1. The van der Waals surface area contributed by atoms with E-state index in [1.54, 1.807) is 18.3 Å². The highest BCUT2D eigenvalue weighted by Crippen LogP contribution is 2.25. The van der Waals surface area contributed by atoms with Crippen LogP contribution in [0.3, 0.4) is 0 Å². The molecule has 1 fully saturated rings. The summed E-state index contributed by atoms with van der Waals surface area (Å²) < 4.78 is 18.8. The Kier molecular flexibility index (Phi) is 4.38. The Labute approximate surface area is 134 Å². The Morgan fingerprint density at radius 3 is 2.83 bits per heavy atom. The van der Waals surface area contributed by atoms with E-state index in [9.17, 15) is 4.39 Å². The van der Waals surface area contributed by atoms with E-state index in [0.29, 0.717) is 23.2 Å². The van der Waals surface area contributed by atoms with Gasteiger partial charge in [-0.25, -0.2) is 9.37 Å². The first-order chi connectivity index (χ1) is 11.1. The van der Waals surface area contributed by atoms with Gasteiger partial charge in [0.1, 0.15) is 0 Å². The summed E-state index contributed by atoms with van der Waals surface area (Å²) in [5.74, 6) is 0.376. The fourth-order valence-electron chi connectivity index (χ4n) is 2.62. The third kappa shape index (κ3) is 3.24. The van der Waals surface area contributed by atoms with Crippen molar-refractivity contribution in [1.29, 1.82) is 0 Å². The molecule has 6 nitrogen and oxygen atoms in total. The fourth-order valence-corrected chi connectivity index (χ4v) is 2.62. The van der Waals surface area contributed by atoms with Crippen LogP contribution < -0.4 is 9.64 Å². The Balaban J connectivity index is 1.87. The van der Waals surface area contributed by atoms with Crippen LogP contribution in [0.5, 0.6) is 5.75 Å². The monoisotopic (exact) mass is 317 g/mol. The number of aromatic nitrogens is 3. The molecule has 0 N–H and O–H groups in total. The second-order valence-electron chi connectivity index (χ2n) is 5.77.